The van der Waals surface area contributed by atoms with Gasteiger partial charge in [-0.3, -0.25) is 4.79 Å². The van der Waals surface area contributed by atoms with Crippen molar-refractivity contribution in [2.45, 2.75) is 29.9 Å². The van der Waals surface area contributed by atoms with Crippen LogP contribution in [0.15, 0.2) is 53.4 Å². The summed E-state index contributed by atoms with van der Waals surface area (Å²) >= 11 is 0. The Balaban J connectivity index is 1.45. The number of fused-ring (bicyclic) bond motifs is 1. The number of amides is 1. The monoisotopic (exact) mass is 434 g/mol. The molecule has 0 bridgehead atoms. The average molecular weight is 434 g/mol. The number of rotatable bonds is 5. The molecule has 0 aliphatic carbocycles. The van der Waals surface area contributed by atoms with Crippen LogP contribution in [0.5, 0.6) is 11.5 Å². The van der Waals surface area contributed by atoms with Gasteiger partial charge in [-0.05, 0) is 49.2 Å². The van der Waals surface area contributed by atoms with E-state index in [0.717, 1.165) is 12.1 Å². The number of para-hydroxylation sites is 2. The minimum atomic E-state index is -3.89. The number of carbonyl (C=O) groups is 1. The van der Waals surface area contributed by atoms with Gasteiger partial charge in [0.2, 0.25) is 15.9 Å². The fourth-order valence-electron chi connectivity index (χ4n) is 3.82. The van der Waals surface area contributed by atoms with Gasteiger partial charge in [0.1, 0.15) is 18.5 Å². The molecule has 1 amide bonds. The lowest BCUT2D eigenvalue weighted by Crippen LogP contribution is -2.49. The minimum Gasteiger partial charge on any atom is -0.486 e. The molecule has 9 heteroatoms. The molecule has 0 N–H and O–H groups in total. The topological polar surface area (TPSA) is 76.2 Å². The molecule has 2 aromatic rings. The summed E-state index contributed by atoms with van der Waals surface area (Å²) in [7, 11) is -2.26. The summed E-state index contributed by atoms with van der Waals surface area (Å²) in [6, 6.07) is 11.2. The molecule has 160 valence electrons. The normalized spacial score (nSPS) is 21.4. The van der Waals surface area contributed by atoms with Gasteiger partial charge in [-0.2, -0.15) is 4.31 Å². The van der Waals surface area contributed by atoms with Crippen molar-refractivity contribution in [1.29, 1.82) is 0 Å². The van der Waals surface area contributed by atoms with Crippen LogP contribution in [0.2, 0.25) is 0 Å². The molecule has 2 aliphatic rings. The number of hydrogen-bond donors (Lipinski definition) is 0. The number of sulfonamides is 1. The number of halogens is 1. The van der Waals surface area contributed by atoms with Crippen molar-refractivity contribution in [2.24, 2.45) is 0 Å². The Bertz CT molecular complexity index is 1030. The second-order valence-electron chi connectivity index (χ2n) is 7.44. The predicted octanol–water partition coefficient (Wildman–Crippen LogP) is 2.28. The van der Waals surface area contributed by atoms with E-state index in [0.29, 0.717) is 30.9 Å². The lowest BCUT2D eigenvalue weighted by molar-refractivity contribution is -0.134. The van der Waals surface area contributed by atoms with E-state index in [1.54, 1.807) is 13.1 Å². The first-order valence-electron chi connectivity index (χ1n) is 9.77. The summed E-state index contributed by atoms with van der Waals surface area (Å²) in [6.45, 7) is 0.825. The van der Waals surface area contributed by atoms with Crippen molar-refractivity contribution in [2.75, 3.05) is 26.7 Å². The number of likely N-dealkylation sites (N-methyl/N-ethyl adjacent to an activating group) is 1. The van der Waals surface area contributed by atoms with E-state index in [-0.39, 0.29) is 30.0 Å². The van der Waals surface area contributed by atoms with Gasteiger partial charge in [-0.25, -0.2) is 12.8 Å². The van der Waals surface area contributed by atoms with Gasteiger partial charge in [0.15, 0.2) is 17.6 Å². The molecule has 0 radical (unpaired) electrons. The number of hydrogen-bond acceptors (Lipinski definition) is 5. The molecule has 0 aromatic heterocycles. The lowest BCUT2D eigenvalue weighted by atomic mass is 10.2. The second-order valence-corrected chi connectivity index (χ2v) is 9.33. The third-order valence-electron chi connectivity index (χ3n) is 5.33. The van der Waals surface area contributed by atoms with Crippen LogP contribution >= 0.6 is 0 Å². The van der Waals surface area contributed by atoms with E-state index >= 15 is 0 Å². The summed E-state index contributed by atoms with van der Waals surface area (Å²) in [5.41, 5.74) is 0. The van der Waals surface area contributed by atoms with Crippen LogP contribution in [0.4, 0.5) is 4.39 Å². The SMILES string of the molecule is CN(C[C@H]1COc2ccccc2O1)C(=O)[C@H]1CCCN1S(=O)(=O)c1ccc(F)cc1. The summed E-state index contributed by atoms with van der Waals surface area (Å²) in [5.74, 6) is 0.478. The average Bonchev–Trinajstić information content (AvgIpc) is 3.24. The first kappa shape index (κ1) is 20.6. The summed E-state index contributed by atoms with van der Waals surface area (Å²) in [5, 5.41) is 0. The summed E-state index contributed by atoms with van der Waals surface area (Å²) < 4.78 is 52.0. The van der Waals surface area contributed by atoms with Gasteiger partial charge in [0.25, 0.3) is 0 Å². The molecule has 0 spiro atoms. The van der Waals surface area contributed by atoms with E-state index < -0.39 is 21.9 Å². The van der Waals surface area contributed by atoms with E-state index in [1.165, 1.54) is 21.3 Å². The maximum Gasteiger partial charge on any atom is 0.243 e. The molecule has 2 atom stereocenters. The van der Waals surface area contributed by atoms with Crippen LogP contribution in [0.25, 0.3) is 0 Å². The third-order valence-corrected chi connectivity index (χ3v) is 7.25. The highest BCUT2D eigenvalue weighted by Crippen LogP contribution is 2.31. The first-order valence-corrected chi connectivity index (χ1v) is 11.2. The Kier molecular flexibility index (Phi) is 5.66. The van der Waals surface area contributed by atoms with Crippen molar-refractivity contribution in [3.8, 4) is 11.5 Å². The highest BCUT2D eigenvalue weighted by atomic mass is 32.2. The van der Waals surface area contributed by atoms with Crippen LogP contribution < -0.4 is 9.47 Å². The molecule has 2 aliphatic heterocycles. The van der Waals surface area contributed by atoms with E-state index in [4.69, 9.17) is 9.47 Å². The van der Waals surface area contributed by atoms with Gasteiger partial charge in [0.05, 0.1) is 11.4 Å². The van der Waals surface area contributed by atoms with Crippen molar-refractivity contribution < 1.29 is 27.1 Å². The Morgan fingerprint density at radius 3 is 2.60 bits per heavy atom. The smallest absolute Gasteiger partial charge is 0.243 e. The fourth-order valence-corrected chi connectivity index (χ4v) is 5.47. The highest BCUT2D eigenvalue weighted by molar-refractivity contribution is 7.89. The van der Waals surface area contributed by atoms with Crippen molar-refractivity contribution in [3.05, 3.63) is 54.3 Å². The molecule has 2 heterocycles. The van der Waals surface area contributed by atoms with E-state index in [2.05, 4.69) is 0 Å². The van der Waals surface area contributed by atoms with Crippen LogP contribution in [-0.2, 0) is 14.8 Å². The molecule has 4 rings (SSSR count). The van der Waals surface area contributed by atoms with E-state index in [1.807, 2.05) is 18.2 Å². The zero-order valence-corrected chi connectivity index (χ0v) is 17.3. The molecule has 30 heavy (non-hydrogen) atoms. The quantitative estimate of drug-likeness (QED) is 0.722. The molecular formula is C21H23FN2O5S. The van der Waals surface area contributed by atoms with Crippen molar-refractivity contribution in [1.82, 2.24) is 9.21 Å². The van der Waals surface area contributed by atoms with E-state index in [9.17, 15) is 17.6 Å². The summed E-state index contributed by atoms with van der Waals surface area (Å²) in [6.07, 6.45) is 0.674. The largest absolute Gasteiger partial charge is 0.486 e. The zero-order valence-electron chi connectivity index (χ0n) is 16.5. The zero-order chi connectivity index (χ0) is 21.3. The van der Waals surface area contributed by atoms with Gasteiger partial charge in [0, 0.05) is 13.6 Å². The fraction of sp³-hybridized carbons (Fsp3) is 0.381. The van der Waals surface area contributed by atoms with Gasteiger partial charge in [-0.1, -0.05) is 12.1 Å². The standard InChI is InChI=1S/C21H23FN2O5S/c1-23(13-16-14-28-19-6-2-3-7-20(19)29-16)21(25)18-5-4-12-24(18)30(26,27)17-10-8-15(22)9-11-17/h2-3,6-11,16,18H,4-5,12-14H2,1H3/t16-,18+/m0/s1. The van der Waals surface area contributed by atoms with Crippen molar-refractivity contribution >= 4 is 15.9 Å². The molecule has 0 saturated carbocycles. The lowest BCUT2D eigenvalue weighted by Gasteiger charge is -2.32. The van der Waals surface area contributed by atoms with Gasteiger partial charge < -0.3 is 14.4 Å². The Morgan fingerprint density at radius 1 is 1.17 bits per heavy atom. The van der Waals surface area contributed by atoms with Crippen LogP contribution in [0.1, 0.15) is 12.8 Å². The van der Waals surface area contributed by atoms with Crippen LogP contribution in [-0.4, -0.2) is 62.4 Å². The number of nitrogens with zero attached hydrogens (tertiary/aromatic N) is 2. The van der Waals surface area contributed by atoms with Crippen molar-refractivity contribution in [3.63, 3.8) is 0 Å². The molecule has 1 fully saturated rings. The maximum atomic E-state index is 13.2. The number of carbonyl (C=O) groups excluding carboxylic acids is 1. The third kappa shape index (κ3) is 3.99. The molecule has 7 nitrogen and oxygen atoms in total. The van der Waals surface area contributed by atoms with Crippen LogP contribution in [0.3, 0.4) is 0 Å². The minimum absolute atomic E-state index is 0.0214. The molecule has 1 saturated heterocycles. The first-order chi connectivity index (χ1) is 14.4. The molecule has 2 aromatic carbocycles. The molecular weight excluding hydrogens is 411 g/mol. The Labute approximate surface area is 175 Å². The highest BCUT2D eigenvalue weighted by Gasteiger charge is 2.41. The van der Waals surface area contributed by atoms with Crippen LogP contribution in [0, 0.1) is 5.82 Å². The molecule has 0 unspecified atom stereocenters. The number of ether oxygens (including phenoxy) is 2. The maximum absolute atomic E-state index is 13.2. The van der Waals surface area contributed by atoms with Gasteiger partial charge in [-0.15, -0.1) is 0 Å². The number of benzene rings is 2. The Hall–Kier alpha value is -2.65. The van der Waals surface area contributed by atoms with Gasteiger partial charge >= 0.3 is 0 Å². The summed E-state index contributed by atoms with van der Waals surface area (Å²) in [4.78, 5) is 14.5. The second kappa shape index (κ2) is 8.23. The predicted molar refractivity (Wildman–Crippen MR) is 107 cm³/mol. The Morgan fingerprint density at radius 2 is 1.87 bits per heavy atom.